The molecule has 1 aliphatic rings. The lowest BCUT2D eigenvalue weighted by Gasteiger charge is -2.34. The van der Waals surface area contributed by atoms with Gasteiger partial charge in [0.2, 0.25) is 10.0 Å². The van der Waals surface area contributed by atoms with E-state index in [1.54, 1.807) is 13.1 Å². The van der Waals surface area contributed by atoms with Gasteiger partial charge >= 0.3 is 0 Å². The van der Waals surface area contributed by atoms with Crippen LogP contribution in [0.4, 0.5) is 17.2 Å². The predicted molar refractivity (Wildman–Crippen MR) is 113 cm³/mol. The Labute approximate surface area is 174 Å². The van der Waals surface area contributed by atoms with Crippen LogP contribution in [0.3, 0.4) is 0 Å². The van der Waals surface area contributed by atoms with Crippen LogP contribution in [0.25, 0.3) is 0 Å². The third-order valence-corrected chi connectivity index (χ3v) is 6.92. The van der Waals surface area contributed by atoms with Gasteiger partial charge in [-0.05, 0) is 24.6 Å². The first-order valence-corrected chi connectivity index (χ1v) is 11.1. The lowest BCUT2D eigenvalue weighted by Crippen LogP contribution is -2.50. The minimum atomic E-state index is -3.43. The van der Waals surface area contributed by atoms with Crippen LogP contribution < -0.4 is 10.2 Å². The number of pyridine rings is 1. The monoisotopic (exact) mass is 439 g/mol. The van der Waals surface area contributed by atoms with Gasteiger partial charge in [0, 0.05) is 51.1 Å². The SMILES string of the molecule is Cc1cc([N+](=O)[O-])cc(Cl)c1NCCS(=O)(=O)N1CCN(c2ccccn2)CC1. The van der Waals surface area contributed by atoms with Gasteiger partial charge < -0.3 is 10.2 Å². The van der Waals surface area contributed by atoms with Crippen molar-refractivity contribution in [2.45, 2.75) is 6.92 Å². The summed E-state index contributed by atoms with van der Waals surface area (Å²) < 4.78 is 26.8. The van der Waals surface area contributed by atoms with Crippen molar-refractivity contribution in [3.05, 3.63) is 57.2 Å². The van der Waals surface area contributed by atoms with Gasteiger partial charge in [0.15, 0.2) is 0 Å². The van der Waals surface area contributed by atoms with Gasteiger partial charge in [0.05, 0.1) is 21.4 Å². The minimum absolute atomic E-state index is 0.0939. The third-order valence-electron chi connectivity index (χ3n) is 4.75. The second-order valence-electron chi connectivity index (χ2n) is 6.69. The van der Waals surface area contributed by atoms with Crippen LogP contribution >= 0.6 is 11.6 Å². The quantitative estimate of drug-likeness (QED) is 0.521. The zero-order valence-corrected chi connectivity index (χ0v) is 17.5. The Morgan fingerprint density at radius 3 is 2.55 bits per heavy atom. The number of benzene rings is 1. The zero-order valence-electron chi connectivity index (χ0n) is 15.9. The molecule has 1 fully saturated rings. The maximum Gasteiger partial charge on any atom is 0.271 e. The average molecular weight is 440 g/mol. The molecule has 0 amide bonds. The zero-order chi connectivity index (χ0) is 21.0. The summed E-state index contributed by atoms with van der Waals surface area (Å²) in [5, 5.41) is 14.1. The number of non-ortho nitro benzene ring substituents is 1. The van der Waals surface area contributed by atoms with Crippen molar-refractivity contribution in [3.8, 4) is 0 Å². The fourth-order valence-electron chi connectivity index (χ4n) is 3.23. The number of hydrogen-bond donors (Lipinski definition) is 1. The fourth-order valence-corrected chi connectivity index (χ4v) is 4.89. The average Bonchev–Trinajstić information content (AvgIpc) is 2.70. The van der Waals surface area contributed by atoms with Gasteiger partial charge in [-0.1, -0.05) is 17.7 Å². The number of rotatable bonds is 7. The van der Waals surface area contributed by atoms with Crippen molar-refractivity contribution < 1.29 is 13.3 Å². The van der Waals surface area contributed by atoms with Crippen LogP contribution in [0.2, 0.25) is 5.02 Å². The second kappa shape index (κ2) is 8.93. The molecule has 0 spiro atoms. The maximum absolute atomic E-state index is 12.7. The highest BCUT2D eigenvalue weighted by atomic mass is 35.5. The molecule has 0 bridgehead atoms. The molecule has 9 nitrogen and oxygen atoms in total. The molecule has 1 aromatic heterocycles. The molecule has 0 atom stereocenters. The fraction of sp³-hybridized carbons (Fsp3) is 0.389. The van der Waals surface area contributed by atoms with E-state index in [1.165, 1.54) is 16.4 Å². The number of sulfonamides is 1. The van der Waals surface area contributed by atoms with Crippen LogP contribution in [0.1, 0.15) is 5.56 Å². The lowest BCUT2D eigenvalue weighted by molar-refractivity contribution is -0.384. The van der Waals surface area contributed by atoms with Gasteiger partial charge in [-0.25, -0.2) is 13.4 Å². The van der Waals surface area contributed by atoms with E-state index in [4.69, 9.17) is 11.6 Å². The highest BCUT2D eigenvalue weighted by Crippen LogP contribution is 2.30. The van der Waals surface area contributed by atoms with Crippen molar-refractivity contribution in [2.24, 2.45) is 0 Å². The Kier molecular flexibility index (Phi) is 6.56. The van der Waals surface area contributed by atoms with Gasteiger partial charge in [0.25, 0.3) is 5.69 Å². The molecule has 11 heteroatoms. The largest absolute Gasteiger partial charge is 0.383 e. The smallest absolute Gasteiger partial charge is 0.271 e. The summed E-state index contributed by atoms with van der Waals surface area (Å²) in [6.45, 7) is 3.80. The number of aryl methyl sites for hydroxylation is 1. The summed E-state index contributed by atoms with van der Waals surface area (Å²) >= 11 is 6.11. The molecule has 0 aliphatic carbocycles. The molecular formula is C18H22ClN5O4S. The maximum atomic E-state index is 12.7. The topological polar surface area (TPSA) is 109 Å². The molecule has 1 N–H and O–H groups in total. The summed E-state index contributed by atoms with van der Waals surface area (Å²) in [6.07, 6.45) is 1.72. The number of anilines is 2. The Morgan fingerprint density at radius 1 is 1.24 bits per heavy atom. The molecule has 0 radical (unpaired) electrons. The van der Waals surface area contributed by atoms with Crippen molar-refractivity contribution in [1.82, 2.24) is 9.29 Å². The molecule has 2 heterocycles. The van der Waals surface area contributed by atoms with E-state index >= 15 is 0 Å². The lowest BCUT2D eigenvalue weighted by atomic mass is 10.2. The summed E-state index contributed by atoms with van der Waals surface area (Å²) in [5.74, 6) is 0.748. The Hall–Kier alpha value is -2.43. The summed E-state index contributed by atoms with van der Waals surface area (Å²) in [7, 11) is -3.43. The molecule has 3 rings (SSSR count). The van der Waals surface area contributed by atoms with E-state index in [0.29, 0.717) is 37.4 Å². The number of hydrogen-bond acceptors (Lipinski definition) is 7. The molecule has 1 aromatic carbocycles. The van der Waals surface area contributed by atoms with E-state index < -0.39 is 14.9 Å². The summed E-state index contributed by atoms with van der Waals surface area (Å²) in [5.41, 5.74) is 0.995. The number of nitrogens with one attached hydrogen (secondary N) is 1. The number of aromatic nitrogens is 1. The highest BCUT2D eigenvalue weighted by Gasteiger charge is 2.27. The first-order chi connectivity index (χ1) is 13.8. The molecule has 1 aliphatic heterocycles. The van der Waals surface area contributed by atoms with Crippen LogP contribution in [-0.2, 0) is 10.0 Å². The van der Waals surface area contributed by atoms with Gasteiger partial charge in [-0.2, -0.15) is 4.31 Å². The predicted octanol–water partition coefficient (Wildman–Crippen LogP) is 2.52. The first kappa shape index (κ1) is 21.3. The van der Waals surface area contributed by atoms with Crippen LogP contribution in [0.5, 0.6) is 0 Å². The van der Waals surface area contributed by atoms with Crippen molar-refractivity contribution in [1.29, 1.82) is 0 Å². The number of nitro groups is 1. The van der Waals surface area contributed by atoms with Crippen molar-refractivity contribution in [2.75, 3.05) is 48.7 Å². The Bertz CT molecular complexity index is 956. The second-order valence-corrected chi connectivity index (χ2v) is 9.19. The van der Waals surface area contributed by atoms with Gasteiger partial charge in [-0.15, -0.1) is 0 Å². The van der Waals surface area contributed by atoms with Gasteiger partial charge in [-0.3, -0.25) is 10.1 Å². The Morgan fingerprint density at radius 2 is 1.97 bits per heavy atom. The number of nitro benzene ring substituents is 1. The molecule has 1 saturated heterocycles. The van der Waals surface area contributed by atoms with E-state index in [-0.39, 0.29) is 23.0 Å². The number of nitrogens with zero attached hydrogens (tertiary/aromatic N) is 4. The minimum Gasteiger partial charge on any atom is -0.383 e. The van der Waals surface area contributed by atoms with Crippen molar-refractivity contribution >= 4 is 38.8 Å². The molecule has 2 aromatic rings. The van der Waals surface area contributed by atoms with Crippen LogP contribution in [0.15, 0.2) is 36.5 Å². The normalized spacial score (nSPS) is 15.3. The first-order valence-electron chi connectivity index (χ1n) is 9.10. The molecule has 0 unspecified atom stereocenters. The van der Waals surface area contributed by atoms with Crippen molar-refractivity contribution in [3.63, 3.8) is 0 Å². The summed E-state index contributed by atoms with van der Waals surface area (Å²) in [4.78, 5) is 16.7. The highest BCUT2D eigenvalue weighted by molar-refractivity contribution is 7.89. The molecule has 29 heavy (non-hydrogen) atoms. The van der Waals surface area contributed by atoms with E-state index in [9.17, 15) is 18.5 Å². The number of halogens is 1. The summed E-state index contributed by atoms with van der Waals surface area (Å²) in [6, 6.07) is 8.31. The molecular weight excluding hydrogens is 418 g/mol. The third kappa shape index (κ3) is 5.14. The van der Waals surface area contributed by atoms with E-state index in [0.717, 1.165) is 5.82 Å². The molecule has 0 saturated carbocycles. The van der Waals surface area contributed by atoms with Gasteiger partial charge in [0.1, 0.15) is 5.82 Å². The van der Waals surface area contributed by atoms with E-state index in [1.807, 2.05) is 18.2 Å². The van der Waals surface area contributed by atoms with Crippen LogP contribution in [0, 0.1) is 17.0 Å². The Balaban J connectivity index is 1.55. The van der Waals surface area contributed by atoms with E-state index in [2.05, 4.69) is 15.2 Å². The standard InChI is InChI=1S/C18H22ClN5O4S/c1-14-12-15(24(25)26)13-16(19)18(14)21-6-11-29(27,28)23-9-7-22(8-10-23)17-4-2-3-5-20-17/h2-5,12-13,21H,6-11H2,1H3. The molecule has 156 valence electrons. The number of piperazine rings is 1. The van der Waals surface area contributed by atoms with Crippen LogP contribution in [-0.4, -0.2) is 61.1 Å².